The first kappa shape index (κ1) is 14.5. The smallest absolute Gasteiger partial charge is 0.416 e. The molecule has 1 aromatic carbocycles. The van der Waals surface area contributed by atoms with E-state index in [0.717, 1.165) is 6.07 Å². The average molecular weight is 275 g/mol. The molecule has 0 unspecified atom stereocenters. The summed E-state index contributed by atoms with van der Waals surface area (Å²) in [5, 5.41) is 13.3. The molecule has 0 saturated heterocycles. The standard InChI is InChI=1S/C10H5F4N3O2/c11-7-4-6(10(12,13)14)2-1-5(7)3-8(9(18)19)16-17-15/h1-4,15H. The number of alkyl halides is 3. The zero-order chi connectivity index (χ0) is 14.6. The van der Waals surface area contributed by atoms with E-state index in [1.54, 1.807) is 0 Å². The molecule has 0 heterocycles. The highest BCUT2D eigenvalue weighted by Crippen LogP contribution is 2.30. The molecule has 0 saturated carbocycles. The van der Waals surface area contributed by atoms with Crippen molar-refractivity contribution in [1.29, 1.82) is 5.53 Å². The molecule has 1 rings (SSSR count). The highest BCUT2D eigenvalue weighted by molar-refractivity contribution is 5.89. The fraction of sp³-hybridized carbons (Fsp3) is 0.100. The number of nitrogens with zero attached hydrogens (tertiary/aromatic N) is 2. The van der Waals surface area contributed by atoms with Crippen molar-refractivity contribution in [3.63, 3.8) is 0 Å². The third-order valence-electron chi connectivity index (χ3n) is 1.99. The third-order valence-corrected chi connectivity index (χ3v) is 1.99. The van der Waals surface area contributed by atoms with Crippen LogP contribution in [0.4, 0.5) is 17.6 Å². The third kappa shape index (κ3) is 3.71. The summed E-state index contributed by atoms with van der Waals surface area (Å²) in [6.45, 7) is 0. The zero-order valence-corrected chi connectivity index (χ0v) is 9.03. The predicted molar refractivity (Wildman–Crippen MR) is 51.7 cm³/mol. The molecule has 0 spiro atoms. The van der Waals surface area contributed by atoms with Gasteiger partial charge in [-0.05, 0) is 18.2 Å². The Balaban J connectivity index is 3.27. The summed E-state index contributed by atoms with van der Waals surface area (Å²) in [4.78, 5) is 12.9. The van der Waals surface area contributed by atoms with Gasteiger partial charge in [0.2, 0.25) is 4.91 Å². The van der Waals surface area contributed by atoms with E-state index in [0.29, 0.717) is 12.1 Å². The molecule has 0 amide bonds. The summed E-state index contributed by atoms with van der Waals surface area (Å²) < 4.78 is 50.2. The van der Waals surface area contributed by atoms with Gasteiger partial charge in [-0.15, -0.1) is 0 Å². The zero-order valence-electron chi connectivity index (χ0n) is 9.03. The van der Waals surface area contributed by atoms with E-state index in [4.69, 9.17) is 5.53 Å². The summed E-state index contributed by atoms with van der Waals surface area (Å²) in [7, 11) is 0. The first-order valence-electron chi connectivity index (χ1n) is 4.63. The molecule has 100 valence electrons. The van der Waals surface area contributed by atoms with Gasteiger partial charge in [0.05, 0.1) is 11.5 Å². The summed E-state index contributed by atoms with van der Waals surface area (Å²) >= 11 is 0. The first-order valence-corrected chi connectivity index (χ1v) is 4.63. The van der Waals surface area contributed by atoms with Crippen molar-refractivity contribution >= 4 is 12.0 Å². The number of aliphatic carboxylic acids is 1. The van der Waals surface area contributed by atoms with Crippen LogP contribution in [0.15, 0.2) is 29.0 Å². The molecule has 0 aromatic heterocycles. The fourth-order valence-electron chi connectivity index (χ4n) is 1.15. The molecule has 1 aromatic rings. The van der Waals surface area contributed by atoms with Crippen molar-refractivity contribution in [2.45, 2.75) is 6.18 Å². The van der Waals surface area contributed by atoms with Gasteiger partial charge in [0, 0.05) is 5.56 Å². The normalized spacial score (nSPS) is 11.9. The van der Waals surface area contributed by atoms with E-state index in [1.165, 1.54) is 0 Å². The Morgan fingerprint density at radius 1 is 1.42 bits per heavy atom. The topological polar surface area (TPSA) is 90.4 Å². The highest BCUT2D eigenvalue weighted by Gasteiger charge is 2.31. The van der Waals surface area contributed by atoms with Crippen molar-refractivity contribution in [2.75, 3.05) is 0 Å². The highest BCUT2D eigenvalue weighted by atomic mass is 19.4. The minimum Gasteiger partial charge on any atom is -0.543 e. The summed E-state index contributed by atoms with van der Waals surface area (Å²) in [5.74, 6) is -3.12. The second-order valence-corrected chi connectivity index (χ2v) is 3.25. The average Bonchev–Trinajstić information content (AvgIpc) is 2.29. The molecule has 0 aliphatic carbocycles. The molecule has 0 atom stereocenters. The second kappa shape index (κ2) is 5.40. The quantitative estimate of drug-likeness (QED) is 0.392. The van der Waals surface area contributed by atoms with Crippen molar-refractivity contribution in [3.8, 4) is 0 Å². The molecule has 0 fully saturated rings. The number of carboxylic acids is 1. The van der Waals surface area contributed by atoms with Crippen LogP contribution in [0.5, 0.6) is 0 Å². The minimum atomic E-state index is -4.71. The Kier molecular flexibility index (Phi) is 4.13. The largest absolute Gasteiger partial charge is 0.543 e. The minimum absolute atomic E-state index is 0.219. The van der Waals surface area contributed by atoms with Gasteiger partial charge in [-0.3, -0.25) is 0 Å². The Bertz CT molecular complexity index is 585. The number of nitrogens with one attached hydrogen (secondary N) is 1. The van der Waals surface area contributed by atoms with Gasteiger partial charge in [0.25, 0.3) is 0 Å². The molecule has 0 aliphatic rings. The van der Waals surface area contributed by atoms with Crippen LogP contribution in [0.2, 0.25) is 0 Å². The van der Waals surface area contributed by atoms with Crippen LogP contribution in [0.25, 0.3) is 6.08 Å². The second-order valence-electron chi connectivity index (χ2n) is 3.25. The van der Waals surface area contributed by atoms with Gasteiger partial charge in [-0.25, -0.2) is 4.39 Å². The molecule has 1 N–H and O–H groups in total. The number of rotatable bonds is 3. The number of hydrogen-bond acceptors (Lipinski definition) is 4. The van der Waals surface area contributed by atoms with Crippen molar-refractivity contribution in [3.05, 3.63) is 40.8 Å². The summed E-state index contributed by atoms with van der Waals surface area (Å²) in [6, 6.07) is 1.54. The molecule has 5 nitrogen and oxygen atoms in total. The van der Waals surface area contributed by atoms with Gasteiger partial charge >= 0.3 is 6.18 Å². The molecule has 0 bridgehead atoms. The van der Waals surface area contributed by atoms with Crippen LogP contribution >= 0.6 is 0 Å². The maximum absolute atomic E-state index is 13.4. The van der Waals surface area contributed by atoms with E-state index in [2.05, 4.69) is 10.0 Å². The van der Waals surface area contributed by atoms with Crippen LogP contribution in [-0.2, 0) is 11.0 Å². The molecule has 9 heteroatoms. The molecule has 0 aliphatic heterocycles. The number of carbonyl (C=O) groups is 1. The van der Waals surface area contributed by atoms with Gasteiger partial charge in [0.1, 0.15) is 11.3 Å². The van der Waals surface area contributed by atoms with Crippen LogP contribution in [0.1, 0.15) is 11.1 Å². The monoisotopic (exact) mass is 275 g/mol. The van der Waals surface area contributed by atoms with Gasteiger partial charge in [0.15, 0.2) is 10.8 Å². The van der Waals surface area contributed by atoms with Gasteiger partial charge < -0.3 is 9.90 Å². The van der Waals surface area contributed by atoms with E-state index in [1.807, 2.05) is 0 Å². The summed E-state index contributed by atoms with van der Waals surface area (Å²) in [6.07, 6.45) is -4.09. The first-order chi connectivity index (χ1) is 8.75. The Morgan fingerprint density at radius 2 is 2.05 bits per heavy atom. The Morgan fingerprint density at radius 3 is 2.47 bits per heavy atom. The number of hydrogen-bond donors (Lipinski definition) is 1. The van der Waals surface area contributed by atoms with Crippen molar-refractivity contribution in [1.82, 2.24) is 4.91 Å². The van der Waals surface area contributed by atoms with Crippen LogP contribution < -0.4 is 10.0 Å². The van der Waals surface area contributed by atoms with Crippen LogP contribution in [0, 0.1) is 11.3 Å². The lowest BCUT2D eigenvalue weighted by atomic mass is 10.1. The fourth-order valence-corrected chi connectivity index (χ4v) is 1.15. The van der Waals surface area contributed by atoms with E-state index in [-0.39, 0.29) is 6.07 Å². The summed E-state index contributed by atoms with van der Waals surface area (Å²) in [5.41, 5.74) is 3.81. The van der Waals surface area contributed by atoms with Crippen LogP contribution in [-0.4, -0.2) is 5.97 Å². The Labute approximate surface area is 103 Å². The van der Waals surface area contributed by atoms with E-state index in [9.17, 15) is 27.5 Å². The van der Waals surface area contributed by atoms with E-state index >= 15 is 0 Å². The number of carbonyl (C=O) groups excluding carboxylic acids is 1. The number of carboxylic acid groups (broad SMARTS) is 1. The van der Waals surface area contributed by atoms with E-state index < -0.39 is 34.8 Å². The lowest BCUT2D eigenvalue weighted by Gasteiger charge is -2.07. The molecule has 19 heavy (non-hydrogen) atoms. The van der Waals surface area contributed by atoms with Gasteiger partial charge in [-0.1, -0.05) is 6.07 Å². The lowest BCUT2D eigenvalue weighted by Crippen LogP contribution is -2.23. The maximum Gasteiger partial charge on any atom is 0.416 e. The molecule has 0 radical (unpaired) electrons. The lowest BCUT2D eigenvalue weighted by molar-refractivity contribution is -0.299. The number of benzene rings is 1. The van der Waals surface area contributed by atoms with Crippen molar-refractivity contribution < 1.29 is 27.5 Å². The van der Waals surface area contributed by atoms with Gasteiger partial charge in [-0.2, -0.15) is 13.2 Å². The maximum atomic E-state index is 13.4. The number of halogens is 4. The Hall–Kier alpha value is -2.54. The SMILES string of the molecule is N=[N+]=NC(=Cc1ccc(C(F)(F)F)cc1F)C(=O)[O-]. The van der Waals surface area contributed by atoms with Crippen molar-refractivity contribution in [2.24, 2.45) is 5.11 Å². The predicted octanol–water partition coefficient (Wildman–Crippen LogP) is 1.49. The molecular formula is C10H5F4N3O2. The van der Waals surface area contributed by atoms with Crippen LogP contribution in [0.3, 0.4) is 0 Å². The molecular weight excluding hydrogens is 270 g/mol.